The Morgan fingerprint density at radius 1 is 0.450 bits per heavy atom. The Morgan fingerprint density at radius 2 is 0.725 bits per heavy atom. The molecule has 1 saturated carbocycles. The Bertz CT molecular complexity index is 731. The first-order chi connectivity index (χ1) is 18.4. The predicted molar refractivity (Wildman–Crippen MR) is 158 cm³/mol. The van der Waals surface area contributed by atoms with Crippen molar-refractivity contribution in [3.8, 4) is 0 Å². The monoisotopic (exact) mass is 706 g/mol. The molecule has 8 aliphatic rings. The van der Waals surface area contributed by atoms with E-state index >= 15 is 0 Å². The van der Waals surface area contributed by atoms with Crippen LogP contribution in [0, 0.1) is 5.92 Å². The Morgan fingerprint density at radius 3 is 0.950 bits per heavy atom. The molecule has 0 N–H and O–H groups in total. The first-order valence-electron chi connectivity index (χ1n) is 14.5. The molecule has 232 valence electrons. The van der Waals surface area contributed by atoms with Crippen LogP contribution in [-0.2, 0) is 54.1 Å². The first-order valence-corrected chi connectivity index (χ1v) is 32.3. The van der Waals surface area contributed by atoms with Crippen molar-refractivity contribution in [1.29, 1.82) is 0 Å². The van der Waals surface area contributed by atoms with Crippen LogP contribution < -0.4 is 0 Å². The number of hydrogen-bond donors (Lipinski definition) is 0. The quantitative estimate of drug-likeness (QED) is 0.302. The van der Waals surface area contributed by atoms with Crippen molar-refractivity contribution in [1.82, 2.24) is 0 Å². The summed E-state index contributed by atoms with van der Waals surface area (Å²) < 4.78 is 82.2. The van der Waals surface area contributed by atoms with E-state index in [1.54, 1.807) is 52.4 Å². The van der Waals surface area contributed by atoms with Gasteiger partial charge in [-0.1, -0.05) is 33.6 Å². The van der Waals surface area contributed by atoms with Gasteiger partial charge in [-0.05, 0) is 25.2 Å². The lowest BCUT2D eigenvalue weighted by atomic mass is 9.86. The van der Waals surface area contributed by atoms with Gasteiger partial charge in [0.25, 0.3) is 0 Å². The smallest absolute Gasteiger partial charge is 0.374 e. The molecule has 7 heterocycles. The third-order valence-corrected chi connectivity index (χ3v) is 42.9. The topological polar surface area (TPSA) is 123 Å². The van der Waals surface area contributed by atoms with Gasteiger partial charge in [-0.25, -0.2) is 0 Å². The van der Waals surface area contributed by atoms with Gasteiger partial charge in [-0.15, -0.1) is 0 Å². The highest BCUT2D eigenvalue weighted by atomic mass is 28.6. The molecule has 0 radical (unpaired) electrons. The fourth-order valence-corrected chi connectivity index (χ4v) is 52.0. The molecule has 3 unspecified atom stereocenters. The molecule has 7 saturated heterocycles. The molecule has 8 rings (SSSR count). The molecule has 0 spiro atoms. The third kappa shape index (κ3) is 6.88. The second kappa shape index (κ2) is 10.6. The summed E-state index contributed by atoms with van der Waals surface area (Å²) in [4.78, 5) is 0. The van der Waals surface area contributed by atoms with E-state index in [0.717, 1.165) is 5.92 Å². The normalized spacial score (nSPS) is 57.5. The maximum Gasteiger partial charge on any atom is 0.475 e. The van der Waals surface area contributed by atoms with Crippen LogP contribution in [0.1, 0.15) is 52.9 Å². The Hall–Kier alpha value is 1.22. The summed E-state index contributed by atoms with van der Waals surface area (Å²) in [6.45, 7) is 20.3. The largest absolute Gasteiger partial charge is 0.475 e. The fraction of sp³-hybridized carbons (Fsp3) is 1.00. The summed E-state index contributed by atoms with van der Waals surface area (Å²) >= 11 is 0. The Labute approximate surface area is 247 Å². The number of epoxide rings is 1. The van der Waals surface area contributed by atoms with Crippen LogP contribution in [0.5, 0.6) is 0 Å². The van der Waals surface area contributed by atoms with E-state index in [-0.39, 0.29) is 0 Å². The minimum atomic E-state index is -3.40. The molecular weight excluding hydrogens is 661 g/mol. The van der Waals surface area contributed by atoms with E-state index in [9.17, 15) is 0 Å². The van der Waals surface area contributed by atoms with Crippen molar-refractivity contribution in [3.05, 3.63) is 0 Å². The molecule has 0 amide bonds. The fourth-order valence-electron chi connectivity index (χ4n) is 6.70. The van der Waals surface area contributed by atoms with Gasteiger partial charge in [0.2, 0.25) is 0 Å². The summed E-state index contributed by atoms with van der Waals surface area (Å²) in [6.07, 6.45) is 8.27. The Kier molecular flexibility index (Phi) is 8.68. The van der Waals surface area contributed by atoms with Crippen LogP contribution in [0.4, 0.5) is 0 Å². The molecule has 1 aliphatic carbocycles. The van der Waals surface area contributed by atoms with Gasteiger partial charge in [0.05, 0.1) is 12.2 Å². The predicted octanol–water partition coefficient (Wildman–Crippen LogP) is 4.18. The molecule has 0 aromatic carbocycles. The summed E-state index contributed by atoms with van der Waals surface area (Å²) in [6, 6.07) is 0. The van der Waals surface area contributed by atoms with E-state index < -0.39 is 70.4 Å². The number of rotatable bonds is 2. The minimum Gasteiger partial charge on any atom is -0.374 e. The zero-order valence-electron chi connectivity index (χ0n) is 25.6. The third-order valence-electron chi connectivity index (χ3n) is 7.26. The van der Waals surface area contributed by atoms with Crippen molar-refractivity contribution in [2.45, 2.75) is 117 Å². The molecule has 8 fully saturated rings. The highest BCUT2D eigenvalue weighted by Gasteiger charge is 2.78. The van der Waals surface area contributed by atoms with Gasteiger partial charge in [0.15, 0.2) is 0 Å². The van der Waals surface area contributed by atoms with E-state index in [0.29, 0.717) is 12.2 Å². The number of ether oxygens (including phenoxy) is 1. The van der Waals surface area contributed by atoms with Crippen LogP contribution in [0.2, 0.25) is 52.4 Å². The van der Waals surface area contributed by atoms with E-state index in [1.165, 1.54) is 32.1 Å². The summed E-state index contributed by atoms with van der Waals surface area (Å²) in [7, 11) is -27.2. The zero-order chi connectivity index (χ0) is 29.5. The maximum atomic E-state index is 6.39. The SMILES string of the molecule is CC.CCCC1CCC2OC2C1.C[Si]12O[Si]3(C)O[Si]4(C)O[Si](C)(O1)O[Si]1(C)O[Si](C)(O2)O[Si](C)(O3)O[Si](C)(O4)O1. The highest BCUT2D eigenvalue weighted by molar-refractivity contribution is 7.02. The van der Waals surface area contributed by atoms with Gasteiger partial charge >= 0.3 is 70.4 Å². The van der Waals surface area contributed by atoms with Crippen LogP contribution in [0.25, 0.3) is 0 Å². The molecule has 21 heteroatoms. The summed E-state index contributed by atoms with van der Waals surface area (Å²) in [5.41, 5.74) is 0. The van der Waals surface area contributed by atoms with Crippen LogP contribution in [0.3, 0.4) is 0 Å². The second-order valence-corrected chi connectivity index (χ2v) is 35.4. The van der Waals surface area contributed by atoms with Crippen LogP contribution in [0.15, 0.2) is 0 Å². The van der Waals surface area contributed by atoms with Gasteiger partial charge in [0.1, 0.15) is 0 Å². The molecule has 0 aromatic heterocycles. The van der Waals surface area contributed by atoms with Gasteiger partial charge < -0.3 is 54.1 Å². The lowest BCUT2D eigenvalue weighted by Crippen LogP contribution is -2.86. The Balaban J connectivity index is 0.000000224. The van der Waals surface area contributed by atoms with Crippen molar-refractivity contribution >= 4 is 70.4 Å². The molecule has 13 nitrogen and oxygen atoms in total. The summed E-state index contributed by atoms with van der Waals surface area (Å²) in [5, 5.41) is 0. The maximum absolute atomic E-state index is 6.39. The zero-order valence-corrected chi connectivity index (χ0v) is 33.6. The highest BCUT2D eigenvalue weighted by Crippen LogP contribution is 2.48. The van der Waals surface area contributed by atoms with E-state index in [1.807, 2.05) is 13.8 Å². The minimum absolute atomic E-state index is 0.685. The lowest BCUT2D eigenvalue weighted by Gasteiger charge is -2.60. The standard InChI is InChI=1S/C9H16O.C8H24O12Si8.C2H6/c1-2-3-7-4-5-8-9(6-7)10-8;1-21-9-22(2)12-25(5)14-23(3,10-21)16-27(7)17-24(4,11-21)15-26(6,13-22)19-28(8,18-25)20-27;1-2/h7-9H,2-6H2,1H3;1-8H3;1-2H3. The molecule has 40 heavy (non-hydrogen) atoms. The summed E-state index contributed by atoms with van der Waals surface area (Å²) in [5.74, 6) is 0.994. The second-order valence-electron chi connectivity index (χ2n) is 11.8. The first kappa shape index (κ1) is 32.6. The van der Waals surface area contributed by atoms with E-state index in [2.05, 4.69) is 6.92 Å². The molecule has 0 aromatic rings. The van der Waals surface area contributed by atoms with Crippen molar-refractivity contribution in [2.24, 2.45) is 5.92 Å². The lowest BCUT2D eigenvalue weighted by molar-refractivity contribution is -0.0175. The average Bonchev–Trinajstić information content (AvgIpc) is 3.46. The van der Waals surface area contributed by atoms with Crippen LogP contribution >= 0.6 is 0 Å². The van der Waals surface area contributed by atoms with Gasteiger partial charge in [-0.2, -0.15) is 0 Å². The van der Waals surface area contributed by atoms with Crippen molar-refractivity contribution < 1.29 is 54.1 Å². The number of fused-ring (bicyclic) bond motifs is 1. The van der Waals surface area contributed by atoms with Crippen molar-refractivity contribution in [2.75, 3.05) is 0 Å². The number of hydrogen-bond acceptors (Lipinski definition) is 13. The molecule has 7 aliphatic heterocycles. The van der Waals surface area contributed by atoms with E-state index in [4.69, 9.17) is 54.1 Å². The van der Waals surface area contributed by atoms with Crippen LogP contribution in [-0.4, -0.2) is 82.6 Å². The molecular formula is C19H46O13Si8. The molecule has 8 bridgehead atoms. The van der Waals surface area contributed by atoms with Gasteiger partial charge in [-0.3, -0.25) is 0 Å². The molecule has 3 atom stereocenters. The van der Waals surface area contributed by atoms with Crippen molar-refractivity contribution in [3.63, 3.8) is 0 Å². The van der Waals surface area contributed by atoms with Gasteiger partial charge in [0, 0.05) is 52.4 Å². The average molecular weight is 707 g/mol.